The predicted molar refractivity (Wildman–Crippen MR) is 67.2 cm³/mol. The minimum absolute atomic E-state index is 0.297. The number of hydrogen-bond donors (Lipinski definition) is 0. The molecule has 0 aromatic carbocycles. The topological polar surface area (TPSA) is 20.3 Å². The van der Waals surface area contributed by atoms with E-state index in [-0.39, 0.29) is 5.54 Å². The van der Waals surface area contributed by atoms with Gasteiger partial charge >= 0.3 is 0 Å². The highest BCUT2D eigenvalue weighted by molar-refractivity contribution is 5.87. The molecular formula is C14H23NO. The van der Waals surface area contributed by atoms with Crippen molar-refractivity contribution < 1.29 is 4.79 Å². The number of piperidine rings is 1. The van der Waals surface area contributed by atoms with Gasteiger partial charge < -0.3 is 0 Å². The Morgan fingerprint density at radius 2 is 1.94 bits per heavy atom. The van der Waals surface area contributed by atoms with Crippen molar-refractivity contribution in [3.63, 3.8) is 0 Å². The van der Waals surface area contributed by atoms with Gasteiger partial charge in [-0.1, -0.05) is 6.42 Å². The lowest BCUT2D eigenvalue weighted by molar-refractivity contribution is -0.130. The van der Waals surface area contributed by atoms with Crippen LogP contribution >= 0.6 is 0 Å². The van der Waals surface area contributed by atoms with Crippen LogP contribution in [-0.2, 0) is 4.79 Å². The first-order valence-corrected chi connectivity index (χ1v) is 6.31. The average molecular weight is 221 g/mol. The van der Waals surface area contributed by atoms with Gasteiger partial charge in [-0.05, 0) is 46.2 Å². The van der Waals surface area contributed by atoms with Crippen molar-refractivity contribution in [2.75, 3.05) is 13.1 Å². The smallest absolute Gasteiger partial charge is 0.152 e. The van der Waals surface area contributed by atoms with Crippen LogP contribution in [0.25, 0.3) is 0 Å². The highest BCUT2D eigenvalue weighted by Crippen LogP contribution is 2.23. The van der Waals surface area contributed by atoms with Crippen molar-refractivity contribution in [1.29, 1.82) is 0 Å². The maximum absolute atomic E-state index is 12.1. The molecule has 0 aliphatic carbocycles. The van der Waals surface area contributed by atoms with Gasteiger partial charge in [0.1, 0.15) is 0 Å². The summed E-state index contributed by atoms with van der Waals surface area (Å²) in [7, 11) is 0. The highest BCUT2D eigenvalue weighted by atomic mass is 16.1. The molecule has 1 rings (SSSR count). The van der Waals surface area contributed by atoms with Gasteiger partial charge in [0.15, 0.2) is 5.78 Å². The molecule has 0 unspecified atom stereocenters. The van der Waals surface area contributed by atoms with Crippen molar-refractivity contribution in [3.8, 4) is 12.3 Å². The third kappa shape index (κ3) is 3.35. The molecule has 1 aliphatic rings. The van der Waals surface area contributed by atoms with Gasteiger partial charge in [-0.15, -0.1) is 12.3 Å². The Bertz CT molecular complexity index is 269. The fourth-order valence-corrected chi connectivity index (χ4v) is 2.29. The Balaban J connectivity index is 2.47. The summed E-state index contributed by atoms with van der Waals surface area (Å²) in [6, 6.07) is 0. The van der Waals surface area contributed by atoms with Crippen LogP contribution in [0.5, 0.6) is 0 Å². The number of carbonyl (C=O) groups excluding carboxylic acids is 1. The van der Waals surface area contributed by atoms with Crippen LogP contribution < -0.4 is 0 Å². The average Bonchev–Trinajstić information content (AvgIpc) is 2.30. The van der Waals surface area contributed by atoms with Crippen LogP contribution in [0.15, 0.2) is 0 Å². The number of Topliss-reactive ketones (excluding diaryl/α,β-unsaturated/α-hetero) is 1. The van der Waals surface area contributed by atoms with E-state index in [9.17, 15) is 4.79 Å². The Hall–Kier alpha value is -0.810. The molecule has 1 saturated heterocycles. The van der Waals surface area contributed by atoms with E-state index in [1.807, 2.05) is 0 Å². The summed E-state index contributed by atoms with van der Waals surface area (Å²) >= 11 is 0. The van der Waals surface area contributed by atoms with Gasteiger partial charge in [0, 0.05) is 12.8 Å². The third-order valence-corrected chi connectivity index (χ3v) is 3.55. The van der Waals surface area contributed by atoms with Gasteiger partial charge in [0.2, 0.25) is 0 Å². The molecule has 0 N–H and O–H groups in total. The molecule has 0 bridgehead atoms. The van der Waals surface area contributed by atoms with Crippen molar-refractivity contribution in [1.82, 2.24) is 4.90 Å². The van der Waals surface area contributed by atoms with E-state index >= 15 is 0 Å². The number of terminal acetylenes is 1. The number of nitrogens with zero attached hydrogens (tertiary/aromatic N) is 1. The summed E-state index contributed by atoms with van der Waals surface area (Å²) in [6.45, 7) is 6.23. The van der Waals surface area contributed by atoms with E-state index in [0.29, 0.717) is 18.6 Å². The van der Waals surface area contributed by atoms with Gasteiger partial charge in [0.05, 0.1) is 5.54 Å². The Morgan fingerprint density at radius 3 is 2.50 bits per heavy atom. The number of hydrogen-bond acceptors (Lipinski definition) is 2. The van der Waals surface area contributed by atoms with E-state index in [2.05, 4.69) is 24.7 Å². The monoisotopic (exact) mass is 221 g/mol. The molecule has 0 saturated carbocycles. The van der Waals surface area contributed by atoms with Crippen LogP contribution in [0.2, 0.25) is 0 Å². The third-order valence-electron chi connectivity index (χ3n) is 3.55. The minimum atomic E-state index is -0.297. The molecule has 0 aromatic heterocycles. The summed E-state index contributed by atoms with van der Waals surface area (Å²) in [4.78, 5) is 14.5. The quantitative estimate of drug-likeness (QED) is 0.525. The van der Waals surface area contributed by atoms with Crippen LogP contribution in [-0.4, -0.2) is 29.3 Å². The summed E-state index contributed by atoms with van der Waals surface area (Å²) in [6.07, 6.45) is 11.1. The molecule has 0 spiro atoms. The normalized spacial score (nSPS) is 18.1. The van der Waals surface area contributed by atoms with Gasteiger partial charge in [-0.25, -0.2) is 0 Å². The second-order valence-electron chi connectivity index (χ2n) is 5.09. The summed E-state index contributed by atoms with van der Waals surface area (Å²) in [5, 5.41) is 0. The largest absolute Gasteiger partial charge is 0.298 e. The zero-order valence-corrected chi connectivity index (χ0v) is 10.6. The number of rotatable bonds is 5. The fraction of sp³-hybridized carbons (Fsp3) is 0.786. The Morgan fingerprint density at radius 1 is 1.31 bits per heavy atom. The van der Waals surface area contributed by atoms with Gasteiger partial charge in [0.25, 0.3) is 0 Å². The molecule has 1 aliphatic heterocycles. The lowest BCUT2D eigenvalue weighted by Gasteiger charge is -2.39. The van der Waals surface area contributed by atoms with Gasteiger partial charge in [-0.3, -0.25) is 9.69 Å². The molecule has 2 nitrogen and oxygen atoms in total. The molecule has 90 valence electrons. The van der Waals surface area contributed by atoms with E-state index in [1.54, 1.807) is 0 Å². The van der Waals surface area contributed by atoms with Crippen molar-refractivity contribution in [2.45, 2.75) is 57.9 Å². The molecular weight excluding hydrogens is 198 g/mol. The maximum atomic E-state index is 12.1. The summed E-state index contributed by atoms with van der Waals surface area (Å²) in [5.74, 6) is 2.93. The first-order valence-electron chi connectivity index (χ1n) is 6.31. The number of carbonyl (C=O) groups is 1. The maximum Gasteiger partial charge on any atom is 0.152 e. The minimum Gasteiger partial charge on any atom is -0.298 e. The van der Waals surface area contributed by atoms with Crippen LogP contribution in [0, 0.1) is 12.3 Å². The standard InChI is InChI=1S/C14H23NO/c1-4-5-7-10-13(16)14(2,3)15-11-8-6-9-12-15/h1H,5-12H2,2-3H3. The summed E-state index contributed by atoms with van der Waals surface area (Å²) in [5.41, 5.74) is -0.297. The second kappa shape index (κ2) is 6.06. The van der Waals surface area contributed by atoms with Crippen molar-refractivity contribution in [3.05, 3.63) is 0 Å². The Labute approximate surface area is 99.4 Å². The molecule has 16 heavy (non-hydrogen) atoms. The number of ketones is 1. The zero-order valence-electron chi connectivity index (χ0n) is 10.6. The van der Waals surface area contributed by atoms with E-state index in [1.165, 1.54) is 19.3 Å². The van der Waals surface area contributed by atoms with Crippen LogP contribution in [0.1, 0.15) is 52.4 Å². The molecule has 0 atom stereocenters. The molecule has 0 aromatic rings. The fourth-order valence-electron chi connectivity index (χ4n) is 2.29. The zero-order chi connectivity index (χ0) is 12.0. The van der Waals surface area contributed by atoms with Crippen molar-refractivity contribution in [2.24, 2.45) is 0 Å². The SMILES string of the molecule is C#CCCCC(=O)C(C)(C)N1CCCCC1. The second-order valence-corrected chi connectivity index (χ2v) is 5.09. The number of likely N-dealkylation sites (tertiary alicyclic amines) is 1. The molecule has 2 heteroatoms. The first kappa shape index (κ1) is 13.3. The molecule has 0 amide bonds. The molecule has 1 fully saturated rings. The predicted octanol–water partition coefficient (Wildman–Crippen LogP) is 2.62. The van der Waals surface area contributed by atoms with E-state index < -0.39 is 0 Å². The molecule has 1 heterocycles. The van der Waals surface area contributed by atoms with E-state index in [4.69, 9.17) is 6.42 Å². The lowest BCUT2D eigenvalue weighted by Crippen LogP contribution is -2.52. The van der Waals surface area contributed by atoms with Gasteiger partial charge in [-0.2, -0.15) is 0 Å². The van der Waals surface area contributed by atoms with Crippen LogP contribution in [0.4, 0.5) is 0 Å². The van der Waals surface area contributed by atoms with E-state index in [0.717, 1.165) is 19.5 Å². The molecule has 0 radical (unpaired) electrons. The van der Waals surface area contributed by atoms with Crippen LogP contribution in [0.3, 0.4) is 0 Å². The Kier molecular flexibility index (Phi) is 5.02. The lowest BCUT2D eigenvalue weighted by atomic mass is 9.91. The first-order chi connectivity index (χ1) is 7.59. The highest BCUT2D eigenvalue weighted by Gasteiger charge is 2.33. The van der Waals surface area contributed by atoms with Crippen molar-refractivity contribution >= 4 is 5.78 Å². The number of unbranched alkanes of at least 4 members (excludes halogenated alkanes) is 1. The summed E-state index contributed by atoms with van der Waals surface area (Å²) < 4.78 is 0.